The van der Waals surface area contributed by atoms with Crippen LogP contribution in [-0.4, -0.2) is 12.6 Å². The molecule has 0 heterocycles. The van der Waals surface area contributed by atoms with Crippen molar-refractivity contribution in [2.45, 2.75) is 17.1 Å². The highest BCUT2D eigenvalue weighted by molar-refractivity contribution is 9.08. The van der Waals surface area contributed by atoms with Gasteiger partial charge in [-0.25, -0.2) is 4.79 Å². The number of carbonyl (C=O) groups excluding carboxylic acids is 1. The van der Waals surface area contributed by atoms with Gasteiger partial charge in [0.25, 0.3) is 0 Å². The zero-order valence-electron chi connectivity index (χ0n) is 8.66. The number of alkyl halides is 1. The molecule has 0 aliphatic heterocycles. The lowest BCUT2D eigenvalue weighted by molar-refractivity contribution is 0.0521. The molecule has 0 bridgehead atoms. The number of benzene rings is 1. The summed E-state index contributed by atoms with van der Waals surface area (Å²) in [7, 11) is 0. The van der Waals surface area contributed by atoms with Gasteiger partial charge in [-0.05, 0) is 24.6 Å². The van der Waals surface area contributed by atoms with Gasteiger partial charge in [0.05, 0.1) is 23.8 Å². The molecule has 1 aromatic carbocycles. The van der Waals surface area contributed by atoms with Gasteiger partial charge >= 0.3 is 5.97 Å². The maximum absolute atomic E-state index is 11.7. The van der Waals surface area contributed by atoms with Crippen molar-refractivity contribution < 1.29 is 9.53 Å². The number of nitrogens with zero attached hydrogens (tertiary/aromatic N) is 1. The van der Waals surface area contributed by atoms with E-state index in [0.29, 0.717) is 33.5 Å². The standard InChI is InChI=1S/C11H10BrNO2S/c1-2-15-11(14)10-8(5-12)7(6-13)3-4-9(10)16/h3-4,16H,2,5H2,1H3. The van der Waals surface area contributed by atoms with E-state index in [0.717, 1.165) is 0 Å². The van der Waals surface area contributed by atoms with Crippen LogP contribution in [0.5, 0.6) is 0 Å². The van der Waals surface area contributed by atoms with Crippen molar-refractivity contribution in [1.82, 2.24) is 0 Å². The normalized spacial score (nSPS) is 9.62. The number of carbonyl (C=O) groups is 1. The van der Waals surface area contributed by atoms with E-state index >= 15 is 0 Å². The van der Waals surface area contributed by atoms with Gasteiger partial charge in [-0.3, -0.25) is 0 Å². The lowest BCUT2D eigenvalue weighted by atomic mass is 10.0. The van der Waals surface area contributed by atoms with Gasteiger partial charge in [-0.2, -0.15) is 5.26 Å². The molecular formula is C11H10BrNO2S. The molecule has 0 atom stereocenters. The summed E-state index contributed by atoms with van der Waals surface area (Å²) in [6.45, 7) is 2.03. The van der Waals surface area contributed by atoms with E-state index in [1.165, 1.54) is 0 Å². The summed E-state index contributed by atoms with van der Waals surface area (Å²) < 4.78 is 4.93. The quantitative estimate of drug-likeness (QED) is 0.530. The van der Waals surface area contributed by atoms with Crippen LogP contribution in [-0.2, 0) is 10.1 Å². The maximum Gasteiger partial charge on any atom is 0.339 e. The monoisotopic (exact) mass is 299 g/mol. The molecule has 0 radical (unpaired) electrons. The van der Waals surface area contributed by atoms with Crippen LogP contribution >= 0.6 is 28.6 Å². The molecule has 5 heteroatoms. The second-order valence-electron chi connectivity index (χ2n) is 2.95. The fourth-order valence-electron chi connectivity index (χ4n) is 1.31. The van der Waals surface area contributed by atoms with E-state index in [2.05, 4.69) is 28.6 Å². The number of thiol groups is 1. The maximum atomic E-state index is 11.7. The summed E-state index contributed by atoms with van der Waals surface area (Å²) in [6.07, 6.45) is 0. The molecule has 0 aliphatic carbocycles. The Bertz CT molecular complexity index is 454. The van der Waals surface area contributed by atoms with E-state index in [9.17, 15) is 4.79 Å². The summed E-state index contributed by atoms with van der Waals surface area (Å²) in [6, 6.07) is 5.30. The highest BCUT2D eigenvalue weighted by atomic mass is 79.9. The van der Waals surface area contributed by atoms with Crippen LogP contribution in [0.1, 0.15) is 28.4 Å². The molecule has 0 amide bonds. The second kappa shape index (κ2) is 5.92. The largest absolute Gasteiger partial charge is 0.462 e. The van der Waals surface area contributed by atoms with Crippen molar-refractivity contribution >= 4 is 34.5 Å². The van der Waals surface area contributed by atoms with E-state index in [1.54, 1.807) is 19.1 Å². The number of hydrogen-bond donors (Lipinski definition) is 1. The molecule has 0 saturated carbocycles. The third kappa shape index (κ3) is 2.57. The molecule has 0 saturated heterocycles. The first-order valence-corrected chi connectivity index (χ1v) is 6.20. The molecule has 0 N–H and O–H groups in total. The first-order valence-electron chi connectivity index (χ1n) is 4.63. The van der Waals surface area contributed by atoms with Gasteiger partial charge in [-0.1, -0.05) is 15.9 Å². The number of esters is 1. The van der Waals surface area contributed by atoms with E-state index in [-0.39, 0.29) is 0 Å². The lowest BCUT2D eigenvalue weighted by Crippen LogP contribution is -2.10. The minimum atomic E-state index is -0.445. The summed E-state index contributed by atoms with van der Waals surface area (Å²) >= 11 is 7.47. The predicted molar refractivity (Wildman–Crippen MR) is 67.0 cm³/mol. The molecule has 84 valence electrons. The average Bonchev–Trinajstić information content (AvgIpc) is 2.28. The van der Waals surface area contributed by atoms with Crippen molar-refractivity contribution in [2.75, 3.05) is 6.61 Å². The van der Waals surface area contributed by atoms with Crippen LogP contribution in [0.2, 0.25) is 0 Å². The summed E-state index contributed by atoms with van der Waals surface area (Å²) in [5, 5.41) is 9.34. The average molecular weight is 300 g/mol. The van der Waals surface area contributed by atoms with Crippen LogP contribution in [0.15, 0.2) is 17.0 Å². The minimum absolute atomic E-state index is 0.296. The summed E-state index contributed by atoms with van der Waals surface area (Å²) in [5.74, 6) is -0.445. The Kier molecular flexibility index (Phi) is 4.84. The smallest absolute Gasteiger partial charge is 0.339 e. The van der Waals surface area contributed by atoms with Crippen LogP contribution in [0.25, 0.3) is 0 Å². The fraction of sp³-hybridized carbons (Fsp3) is 0.273. The van der Waals surface area contributed by atoms with Crippen LogP contribution in [0.4, 0.5) is 0 Å². The molecule has 3 nitrogen and oxygen atoms in total. The molecule has 1 rings (SSSR count). The van der Waals surface area contributed by atoms with Gasteiger partial charge < -0.3 is 4.74 Å². The fourth-order valence-corrected chi connectivity index (χ4v) is 2.19. The van der Waals surface area contributed by atoms with Crippen LogP contribution in [0, 0.1) is 11.3 Å². The Morgan fingerprint density at radius 2 is 2.31 bits per heavy atom. The minimum Gasteiger partial charge on any atom is -0.462 e. The number of ether oxygens (including phenoxy) is 1. The molecule has 16 heavy (non-hydrogen) atoms. The first kappa shape index (κ1) is 13.1. The Morgan fingerprint density at radius 1 is 1.62 bits per heavy atom. The third-order valence-electron chi connectivity index (χ3n) is 2.02. The molecule has 1 aromatic rings. The summed E-state index contributed by atoms with van der Waals surface area (Å²) in [4.78, 5) is 12.2. The van der Waals surface area contributed by atoms with E-state index < -0.39 is 5.97 Å². The Morgan fingerprint density at radius 3 is 2.81 bits per heavy atom. The first-order chi connectivity index (χ1) is 7.65. The highest BCUT2D eigenvalue weighted by Gasteiger charge is 2.18. The molecule has 0 aromatic heterocycles. The molecule has 0 unspecified atom stereocenters. The zero-order valence-corrected chi connectivity index (χ0v) is 11.1. The van der Waals surface area contributed by atoms with Crippen molar-refractivity contribution in [2.24, 2.45) is 0 Å². The number of hydrogen-bond acceptors (Lipinski definition) is 4. The van der Waals surface area contributed by atoms with Crippen molar-refractivity contribution in [3.63, 3.8) is 0 Å². The molecule has 0 aliphatic rings. The van der Waals surface area contributed by atoms with Crippen LogP contribution in [0.3, 0.4) is 0 Å². The van der Waals surface area contributed by atoms with Crippen molar-refractivity contribution in [3.8, 4) is 6.07 Å². The number of rotatable bonds is 3. The van der Waals surface area contributed by atoms with Gasteiger partial charge in [-0.15, -0.1) is 12.6 Å². The van der Waals surface area contributed by atoms with Crippen molar-refractivity contribution in [1.29, 1.82) is 5.26 Å². The summed E-state index contributed by atoms with van der Waals surface area (Å²) in [5.41, 5.74) is 1.44. The van der Waals surface area contributed by atoms with E-state index in [1.807, 2.05) is 6.07 Å². The molecule has 0 fully saturated rings. The van der Waals surface area contributed by atoms with Gasteiger partial charge in [0, 0.05) is 10.2 Å². The second-order valence-corrected chi connectivity index (χ2v) is 3.99. The Labute approximate surface area is 108 Å². The zero-order chi connectivity index (χ0) is 12.1. The third-order valence-corrected chi connectivity index (χ3v) is 2.96. The topological polar surface area (TPSA) is 50.1 Å². The molecule has 0 spiro atoms. The van der Waals surface area contributed by atoms with Crippen LogP contribution < -0.4 is 0 Å². The molecular weight excluding hydrogens is 290 g/mol. The van der Waals surface area contributed by atoms with Gasteiger partial charge in [0.15, 0.2) is 0 Å². The van der Waals surface area contributed by atoms with Gasteiger partial charge in [0.2, 0.25) is 0 Å². The number of halogens is 1. The van der Waals surface area contributed by atoms with Crippen molar-refractivity contribution in [3.05, 3.63) is 28.8 Å². The Hall–Kier alpha value is -0.990. The van der Waals surface area contributed by atoms with E-state index in [4.69, 9.17) is 10.00 Å². The lowest BCUT2D eigenvalue weighted by Gasteiger charge is -2.10. The van der Waals surface area contributed by atoms with Gasteiger partial charge in [0.1, 0.15) is 0 Å². The predicted octanol–water partition coefficient (Wildman–Crippen LogP) is 2.92. The highest BCUT2D eigenvalue weighted by Crippen LogP contribution is 2.25. The number of nitriles is 1. The SMILES string of the molecule is CCOC(=O)c1c(S)ccc(C#N)c1CBr. The Balaban J connectivity index is 3.35.